The number of rotatable bonds is 3. The zero-order valence-corrected chi connectivity index (χ0v) is 10.6. The summed E-state index contributed by atoms with van der Waals surface area (Å²) in [5.74, 6) is 1.56. The van der Waals surface area contributed by atoms with Gasteiger partial charge >= 0.3 is 0 Å². The maximum absolute atomic E-state index is 5.81. The van der Waals surface area contributed by atoms with E-state index in [0.29, 0.717) is 11.3 Å². The first kappa shape index (κ1) is 11.5. The molecule has 0 spiro atoms. The molecule has 0 aromatic carbocycles. The molecule has 0 bridgehead atoms. The van der Waals surface area contributed by atoms with Crippen molar-refractivity contribution < 1.29 is 0 Å². The average Bonchev–Trinajstić information content (AvgIpc) is 2.72. The van der Waals surface area contributed by atoms with Crippen molar-refractivity contribution in [1.29, 1.82) is 0 Å². The van der Waals surface area contributed by atoms with E-state index < -0.39 is 0 Å². The highest BCUT2D eigenvalue weighted by Crippen LogP contribution is 2.57. The maximum Gasteiger partial charge on any atom is 0.132 e. The summed E-state index contributed by atoms with van der Waals surface area (Å²) in [5.41, 5.74) is 8.34. The summed E-state index contributed by atoms with van der Waals surface area (Å²) in [6.45, 7) is 8.59. The number of aryl methyl sites for hydroxylation is 1. The highest BCUT2D eigenvalue weighted by atomic mass is 14.9. The number of nitrogens with two attached hydrogens (primary N) is 1. The predicted molar refractivity (Wildman–Crippen MR) is 65.3 cm³/mol. The Hall–Kier alpha value is -0.960. The van der Waals surface area contributed by atoms with Crippen molar-refractivity contribution in [2.45, 2.75) is 52.5 Å². The Kier molecular flexibility index (Phi) is 2.74. The summed E-state index contributed by atoms with van der Waals surface area (Å²) in [6.07, 6.45) is 2.04. The van der Waals surface area contributed by atoms with E-state index in [1.165, 1.54) is 6.42 Å². The minimum absolute atomic E-state index is 0.161. The molecule has 0 saturated heterocycles. The van der Waals surface area contributed by atoms with E-state index in [-0.39, 0.29) is 6.04 Å². The first-order valence-electron chi connectivity index (χ1n) is 5.98. The first-order chi connectivity index (χ1) is 7.38. The van der Waals surface area contributed by atoms with Gasteiger partial charge in [0, 0.05) is 29.8 Å². The lowest BCUT2D eigenvalue weighted by atomic mass is 10.1. The molecule has 2 unspecified atom stereocenters. The van der Waals surface area contributed by atoms with Crippen LogP contribution in [0, 0.1) is 12.3 Å². The van der Waals surface area contributed by atoms with Crippen LogP contribution in [0.4, 0.5) is 0 Å². The average molecular weight is 219 g/mol. The molecule has 16 heavy (non-hydrogen) atoms. The molecule has 0 radical (unpaired) electrons. The van der Waals surface area contributed by atoms with Crippen LogP contribution in [0.25, 0.3) is 0 Å². The molecule has 3 nitrogen and oxygen atoms in total. The predicted octanol–water partition coefficient (Wildman–Crippen LogP) is 2.19. The molecule has 1 heterocycles. The number of aromatic nitrogens is 2. The van der Waals surface area contributed by atoms with Crippen LogP contribution in [0.15, 0.2) is 6.07 Å². The molecule has 2 atom stereocenters. The van der Waals surface area contributed by atoms with Crippen molar-refractivity contribution in [3.63, 3.8) is 0 Å². The van der Waals surface area contributed by atoms with Gasteiger partial charge in [-0.2, -0.15) is 0 Å². The summed E-state index contributed by atoms with van der Waals surface area (Å²) in [4.78, 5) is 9.19. The van der Waals surface area contributed by atoms with Crippen LogP contribution in [0.3, 0.4) is 0 Å². The Bertz CT molecular complexity index is 396. The van der Waals surface area contributed by atoms with Gasteiger partial charge in [0.15, 0.2) is 0 Å². The molecule has 88 valence electrons. The molecule has 1 saturated carbocycles. The van der Waals surface area contributed by atoms with Gasteiger partial charge in [0.05, 0.1) is 0 Å². The monoisotopic (exact) mass is 219 g/mol. The van der Waals surface area contributed by atoms with E-state index in [0.717, 1.165) is 23.6 Å². The topological polar surface area (TPSA) is 51.8 Å². The molecule has 1 fully saturated rings. The van der Waals surface area contributed by atoms with Crippen LogP contribution < -0.4 is 5.73 Å². The van der Waals surface area contributed by atoms with Crippen LogP contribution in [-0.2, 0) is 6.42 Å². The molecule has 2 rings (SSSR count). The van der Waals surface area contributed by atoms with Gasteiger partial charge in [0.25, 0.3) is 0 Å². The minimum Gasteiger partial charge on any atom is -0.328 e. The van der Waals surface area contributed by atoms with Crippen LogP contribution in [0.2, 0.25) is 0 Å². The Morgan fingerprint density at radius 3 is 2.62 bits per heavy atom. The third-order valence-electron chi connectivity index (χ3n) is 3.28. The Morgan fingerprint density at radius 2 is 2.12 bits per heavy atom. The van der Waals surface area contributed by atoms with Crippen molar-refractivity contribution in [3.05, 3.63) is 23.3 Å². The Morgan fingerprint density at radius 1 is 1.50 bits per heavy atom. The normalized spacial score (nSPS) is 24.2. The minimum atomic E-state index is 0.161. The molecule has 0 aliphatic heterocycles. The van der Waals surface area contributed by atoms with Gasteiger partial charge < -0.3 is 5.73 Å². The number of hydrogen-bond donors (Lipinski definition) is 1. The second-order valence-corrected chi connectivity index (χ2v) is 5.79. The molecule has 1 aliphatic carbocycles. The zero-order chi connectivity index (χ0) is 11.9. The van der Waals surface area contributed by atoms with Gasteiger partial charge in [-0.25, -0.2) is 9.97 Å². The van der Waals surface area contributed by atoms with Crippen molar-refractivity contribution in [1.82, 2.24) is 9.97 Å². The summed E-state index contributed by atoms with van der Waals surface area (Å²) in [6, 6.07) is 2.21. The quantitative estimate of drug-likeness (QED) is 0.847. The maximum atomic E-state index is 5.81. The van der Waals surface area contributed by atoms with Gasteiger partial charge in [0.1, 0.15) is 5.82 Å². The third-order valence-corrected chi connectivity index (χ3v) is 3.28. The highest BCUT2D eigenvalue weighted by molar-refractivity contribution is 5.20. The Balaban J connectivity index is 2.23. The largest absolute Gasteiger partial charge is 0.328 e. The Labute approximate surface area is 97.5 Å². The van der Waals surface area contributed by atoms with Crippen LogP contribution in [-0.4, -0.2) is 16.0 Å². The molecule has 1 aromatic rings. The van der Waals surface area contributed by atoms with Gasteiger partial charge in [-0.3, -0.25) is 0 Å². The van der Waals surface area contributed by atoms with Crippen LogP contribution in [0.1, 0.15) is 50.3 Å². The first-order valence-corrected chi connectivity index (χ1v) is 5.98. The molecule has 3 heteroatoms. The van der Waals surface area contributed by atoms with Gasteiger partial charge in [0.2, 0.25) is 0 Å². The molecule has 0 amide bonds. The summed E-state index contributed by atoms with van der Waals surface area (Å²) in [5, 5.41) is 0. The standard InChI is InChI=1S/C13H21N3/c1-8(14)5-10-6-9(2)15-12(16-10)11-7-13(11,3)4/h6,8,11H,5,7,14H2,1-4H3. The molecule has 2 N–H and O–H groups in total. The SMILES string of the molecule is Cc1cc(CC(C)N)nc(C2CC2(C)C)n1. The molecule has 1 aromatic heterocycles. The van der Waals surface area contributed by atoms with Crippen LogP contribution in [0.5, 0.6) is 0 Å². The van der Waals surface area contributed by atoms with E-state index in [9.17, 15) is 0 Å². The van der Waals surface area contributed by atoms with E-state index in [1.807, 2.05) is 19.9 Å². The van der Waals surface area contributed by atoms with E-state index >= 15 is 0 Å². The van der Waals surface area contributed by atoms with Crippen molar-refractivity contribution in [2.75, 3.05) is 0 Å². The zero-order valence-electron chi connectivity index (χ0n) is 10.6. The smallest absolute Gasteiger partial charge is 0.132 e. The second kappa shape index (κ2) is 3.81. The summed E-state index contributed by atoms with van der Waals surface area (Å²) in [7, 11) is 0. The summed E-state index contributed by atoms with van der Waals surface area (Å²) >= 11 is 0. The molecular formula is C13H21N3. The fourth-order valence-corrected chi connectivity index (χ4v) is 2.16. The lowest BCUT2D eigenvalue weighted by Gasteiger charge is -2.09. The van der Waals surface area contributed by atoms with Crippen molar-refractivity contribution >= 4 is 0 Å². The second-order valence-electron chi connectivity index (χ2n) is 5.79. The van der Waals surface area contributed by atoms with E-state index in [4.69, 9.17) is 5.73 Å². The number of nitrogens with zero attached hydrogens (tertiary/aromatic N) is 2. The highest BCUT2D eigenvalue weighted by Gasteiger charge is 2.48. The van der Waals surface area contributed by atoms with Gasteiger partial charge in [-0.1, -0.05) is 13.8 Å². The lowest BCUT2D eigenvalue weighted by molar-refractivity contribution is 0.603. The molecular weight excluding hydrogens is 198 g/mol. The van der Waals surface area contributed by atoms with Crippen LogP contribution >= 0.6 is 0 Å². The van der Waals surface area contributed by atoms with Gasteiger partial charge in [-0.15, -0.1) is 0 Å². The van der Waals surface area contributed by atoms with E-state index in [1.54, 1.807) is 0 Å². The summed E-state index contributed by atoms with van der Waals surface area (Å²) < 4.78 is 0. The fraction of sp³-hybridized carbons (Fsp3) is 0.692. The van der Waals surface area contributed by atoms with Crippen molar-refractivity contribution in [2.24, 2.45) is 11.1 Å². The van der Waals surface area contributed by atoms with Gasteiger partial charge in [-0.05, 0) is 31.7 Å². The lowest BCUT2D eigenvalue weighted by Crippen LogP contribution is -2.19. The van der Waals surface area contributed by atoms with Crippen molar-refractivity contribution in [3.8, 4) is 0 Å². The van der Waals surface area contributed by atoms with E-state index in [2.05, 4.69) is 23.8 Å². The molecule has 1 aliphatic rings. The number of hydrogen-bond acceptors (Lipinski definition) is 3. The fourth-order valence-electron chi connectivity index (χ4n) is 2.16. The third kappa shape index (κ3) is 2.40.